The van der Waals surface area contributed by atoms with Gasteiger partial charge in [-0.2, -0.15) is 0 Å². The lowest BCUT2D eigenvalue weighted by Crippen LogP contribution is -2.49. The minimum absolute atomic E-state index is 0.0826. The zero-order chi connectivity index (χ0) is 19.2. The van der Waals surface area contributed by atoms with Crippen molar-refractivity contribution in [1.29, 1.82) is 0 Å². The highest BCUT2D eigenvalue weighted by molar-refractivity contribution is 6.30. The van der Waals surface area contributed by atoms with E-state index in [0.717, 1.165) is 23.4 Å². The molecule has 1 heterocycles. The molecule has 0 fully saturated rings. The molecule has 4 rings (SSSR count). The normalized spacial score (nSPS) is 19.3. The zero-order valence-electron chi connectivity index (χ0n) is 15.5. The van der Waals surface area contributed by atoms with E-state index in [1.807, 2.05) is 35.2 Å². The molecule has 0 unspecified atom stereocenters. The van der Waals surface area contributed by atoms with Gasteiger partial charge in [-0.3, -0.25) is 4.79 Å². The molecule has 0 saturated heterocycles. The Labute approximate surface area is 164 Å². The van der Waals surface area contributed by atoms with Gasteiger partial charge >= 0.3 is 0 Å². The highest BCUT2D eigenvalue weighted by Gasteiger charge is 2.39. The summed E-state index contributed by atoms with van der Waals surface area (Å²) in [5.74, 6) is -0.123. The van der Waals surface area contributed by atoms with Crippen LogP contribution in [0.1, 0.15) is 26.7 Å². The first kappa shape index (κ1) is 18.1. The van der Waals surface area contributed by atoms with Gasteiger partial charge in [0, 0.05) is 28.4 Å². The summed E-state index contributed by atoms with van der Waals surface area (Å²) in [7, 11) is 0. The van der Waals surface area contributed by atoms with Gasteiger partial charge in [-0.25, -0.2) is 4.39 Å². The summed E-state index contributed by atoms with van der Waals surface area (Å²) in [5, 5.41) is 0.663. The van der Waals surface area contributed by atoms with Crippen LogP contribution in [0.3, 0.4) is 0 Å². The summed E-state index contributed by atoms with van der Waals surface area (Å²) in [4.78, 5) is 17.0. The predicted molar refractivity (Wildman–Crippen MR) is 108 cm³/mol. The molecule has 3 nitrogen and oxygen atoms in total. The van der Waals surface area contributed by atoms with Crippen LogP contribution in [-0.2, 0) is 4.79 Å². The van der Waals surface area contributed by atoms with E-state index in [-0.39, 0.29) is 17.0 Å². The van der Waals surface area contributed by atoms with Crippen LogP contribution in [0.4, 0.5) is 15.8 Å². The average molecular weight is 385 g/mol. The fraction of sp³-hybridized carbons (Fsp3) is 0.318. The van der Waals surface area contributed by atoms with Crippen molar-refractivity contribution in [3.63, 3.8) is 0 Å². The Kier molecular flexibility index (Phi) is 4.47. The molecule has 0 bridgehead atoms. The molecule has 2 aromatic rings. The number of anilines is 2. The minimum atomic E-state index is -0.277. The summed E-state index contributed by atoms with van der Waals surface area (Å²) in [6.07, 6.45) is 1.34. The number of halogens is 2. The van der Waals surface area contributed by atoms with Crippen LogP contribution in [0.25, 0.3) is 0 Å². The number of nitrogens with zero attached hydrogens (tertiary/aromatic N) is 2. The Bertz CT molecular complexity index is 920. The lowest BCUT2D eigenvalue weighted by Gasteiger charge is -2.45. The van der Waals surface area contributed by atoms with Crippen molar-refractivity contribution < 1.29 is 9.18 Å². The van der Waals surface area contributed by atoms with Crippen molar-refractivity contribution in [3.8, 4) is 0 Å². The Morgan fingerprint density at radius 3 is 2.44 bits per heavy atom. The Morgan fingerprint density at radius 2 is 1.74 bits per heavy atom. The standard InChI is InChI=1S/C22H22ClFN2O/c1-22(2)11-20-17(21(27)12-22)13-25(19-6-4-3-5-18(19)24)14-26(20)16-9-7-15(23)8-10-16/h3-10H,11-14H2,1-2H3. The highest BCUT2D eigenvalue weighted by Crippen LogP contribution is 2.42. The topological polar surface area (TPSA) is 23.6 Å². The van der Waals surface area contributed by atoms with E-state index >= 15 is 0 Å². The van der Waals surface area contributed by atoms with Gasteiger partial charge in [0.2, 0.25) is 0 Å². The average Bonchev–Trinajstić information content (AvgIpc) is 2.62. The number of para-hydroxylation sites is 1. The van der Waals surface area contributed by atoms with E-state index in [2.05, 4.69) is 18.7 Å². The monoisotopic (exact) mass is 384 g/mol. The van der Waals surface area contributed by atoms with Gasteiger partial charge in [0.15, 0.2) is 5.78 Å². The van der Waals surface area contributed by atoms with E-state index < -0.39 is 0 Å². The third kappa shape index (κ3) is 3.46. The molecule has 0 saturated carbocycles. The van der Waals surface area contributed by atoms with E-state index in [4.69, 9.17) is 11.6 Å². The molecule has 2 aliphatic rings. The minimum Gasteiger partial charge on any atom is -0.347 e. The molecule has 0 radical (unpaired) electrons. The van der Waals surface area contributed by atoms with E-state index in [1.54, 1.807) is 12.1 Å². The highest BCUT2D eigenvalue weighted by atomic mass is 35.5. The number of hydrogen-bond acceptors (Lipinski definition) is 3. The molecular weight excluding hydrogens is 363 g/mol. The van der Waals surface area contributed by atoms with Crippen molar-refractivity contribution in [2.45, 2.75) is 26.7 Å². The Morgan fingerprint density at radius 1 is 1.04 bits per heavy atom. The molecular formula is C22H22ClFN2O. The molecule has 1 aliphatic heterocycles. The first-order valence-corrected chi connectivity index (χ1v) is 9.50. The number of rotatable bonds is 2. The summed E-state index contributed by atoms with van der Waals surface area (Å²) in [6, 6.07) is 14.3. The number of hydrogen-bond donors (Lipinski definition) is 0. The number of benzene rings is 2. The predicted octanol–water partition coefficient (Wildman–Crippen LogP) is 5.41. The quantitative estimate of drug-likeness (QED) is 0.692. The number of Topliss-reactive ketones (excluding diaryl/α,β-unsaturated/α-hetero) is 1. The third-order valence-electron chi connectivity index (χ3n) is 5.29. The second-order valence-electron chi connectivity index (χ2n) is 8.06. The first-order chi connectivity index (χ1) is 12.8. The molecule has 0 spiro atoms. The molecule has 2 aromatic carbocycles. The second kappa shape index (κ2) is 6.68. The number of carbonyl (C=O) groups excluding carboxylic acids is 1. The molecule has 27 heavy (non-hydrogen) atoms. The van der Waals surface area contributed by atoms with Gasteiger partial charge in [-0.1, -0.05) is 37.6 Å². The van der Waals surface area contributed by atoms with Crippen LogP contribution in [0.2, 0.25) is 5.02 Å². The van der Waals surface area contributed by atoms with Crippen molar-refractivity contribution >= 4 is 28.8 Å². The van der Waals surface area contributed by atoms with Crippen molar-refractivity contribution in [2.24, 2.45) is 5.41 Å². The smallest absolute Gasteiger partial charge is 0.162 e. The van der Waals surface area contributed by atoms with Crippen LogP contribution in [0.5, 0.6) is 0 Å². The molecule has 0 N–H and O–H groups in total. The van der Waals surface area contributed by atoms with Gasteiger partial charge in [0.05, 0.1) is 18.9 Å². The molecule has 1 aliphatic carbocycles. The van der Waals surface area contributed by atoms with Gasteiger partial charge < -0.3 is 9.80 Å². The fourth-order valence-electron chi connectivity index (χ4n) is 3.99. The second-order valence-corrected chi connectivity index (χ2v) is 8.50. The van der Waals surface area contributed by atoms with Crippen LogP contribution in [-0.4, -0.2) is 19.0 Å². The summed E-state index contributed by atoms with van der Waals surface area (Å²) >= 11 is 6.06. The van der Waals surface area contributed by atoms with E-state index in [1.165, 1.54) is 6.07 Å². The van der Waals surface area contributed by atoms with Gasteiger partial charge in [0.1, 0.15) is 5.82 Å². The lowest BCUT2D eigenvalue weighted by molar-refractivity contribution is -0.118. The molecule has 0 amide bonds. The molecule has 0 aromatic heterocycles. The van der Waals surface area contributed by atoms with Crippen molar-refractivity contribution in [1.82, 2.24) is 0 Å². The lowest BCUT2D eigenvalue weighted by atomic mass is 9.74. The number of ketones is 1. The van der Waals surface area contributed by atoms with Crippen molar-refractivity contribution in [3.05, 3.63) is 70.6 Å². The Balaban J connectivity index is 1.81. The van der Waals surface area contributed by atoms with Crippen LogP contribution >= 0.6 is 11.6 Å². The fourth-order valence-corrected chi connectivity index (χ4v) is 4.11. The molecule has 5 heteroatoms. The molecule has 0 atom stereocenters. The van der Waals surface area contributed by atoms with Gasteiger partial charge in [-0.15, -0.1) is 0 Å². The van der Waals surface area contributed by atoms with Crippen LogP contribution < -0.4 is 9.80 Å². The maximum absolute atomic E-state index is 14.4. The van der Waals surface area contributed by atoms with Crippen molar-refractivity contribution in [2.75, 3.05) is 23.0 Å². The van der Waals surface area contributed by atoms with Crippen LogP contribution in [0, 0.1) is 11.2 Å². The summed E-state index contributed by atoms with van der Waals surface area (Å²) in [6.45, 7) is 5.18. The van der Waals surface area contributed by atoms with Gasteiger partial charge in [0.25, 0.3) is 0 Å². The molecule has 140 valence electrons. The van der Waals surface area contributed by atoms with Gasteiger partial charge in [-0.05, 0) is 48.2 Å². The third-order valence-corrected chi connectivity index (χ3v) is 5.54. The number of allylic oxidation sites excluding steroid dienone is 1. The maximum atomic E-state index is 14.4. The van der Waals surface area contributed by atoms with E-state index in [0.29, 0.717) is 30.3 Å². The maximum Gasteiger partial charge on any atom is 0.162 e. The SMILES string of the molecule is CC1(C)CC(=O)C2=C(C1)N(c1ccc(Cl)cc1)CN(c1ccccc1F)C2. The van der Waals surface area contributed by atoms with Crippen LogP contribution in [0.15, 0.2) is 59.8 Å². The zero-order valence-corrected chi connectivity index (χ0v) is 16.3. The Hall–Kier alpha value is -2.33. The van der Waals surface area contributed by atoms with E-state index in [9.17, 15) is 9.18 Å². The number of carbonyl (C=O) groups is 1. The largest absolute Gasteiger partial charge is 0.347 e. The summed E-state index contributed by atoms with van der Waals surface area (Å²) < 4.78 is 14.4. The first-order valence-electron chi connectivity index (χ1n) is 9.12. The summed E-state index contributed by atoms with van der Waals surface area (Å²) in [5.41, 5.74) is 3.23.